The third-order valence-electron chi connectivity index (χ3n) is 4.52. The Morgan fingerprint density at radius 1 is 1.08 bits per heavy atom. The quantitative estimate of drug-likeness (QED) is 0.286. The van der Waals surface area contributed by atoms with Crippen LogP contribution in [0.2, 0.25) is 0 Å². The normalized spacial score (nSPS) is 20.1. The number of nitrogens with zero attached hydrogens (tertiary/aromatic N) is 1. The van der Waals surface area contributed by atoms with Crippen molar-refractivity contribution in [3.63, 3.8) is 0 Å². The first kappa shape index (κ1) is 17.7. The summed E-state index contributed by atoms with van der Waals surface area (Å²) in [6.07, 6.45) is 2.62. The average molecular weight is 334 g/mol. The van der Waals surface area contributed by atoms with Crippen molar-refractivity contribution in [1.29, 1.82) is 0 Å². The maximum atomic E-state index is 11.4. The molecule has 1 fully saturated rings. The van der Waals surface area contributed by atoms with E-state index in [1.807, 2.05) is 12.1 Å². The topological polar surface area (TPSA) is 125 Å². The van der Waals surface area contributed by atoms with Gasteiger partial charge in [-0.1, -0.05) is 12.1 Å². The van der Waals surface area contributed by atoms with Crippen LogP contribution in [0.1, 0.15) is 37.2 Å². The van der Waals surface area contributed by atoms with Crippen LogP contribution in [0.3, 0.4) is 0 Å². The van der Waals surface area contributed by atoms with Gasteiger partial charge >= 0.3 is 17.9 Å². The molecule has 130 valence electrons. The van der Waals surface area contributed by atoms with Gasteiger partial charge in [0.05, 0.1) is 0 Å². The second kappa shape index (κ2) is 7.78. The lowest BCUT2D eigenvalue weighted by atomic mass is 9.81. The highest BCUT2D eigenvalue weighted by Gasteiger charge is 2.27. The van der Waals surface area contributed by atoms with Crippen molar-refractivity contribution in [2.24, 2.45) is 5.84 Å². The van der Waals surface area contributed by atoms with Gasteiger partial charge in [0, 0.05) is 18.8 Å². The molecule has 0 radical (unpaired) electrons. The molecule has 1 saturated carbocycles. The number of rotatable bonds is 3. The summed E-state index contributed by atoms with van der Waals surface area (Å²) in [5, 5.41) is 11.5. The van der Waals surface area contributed by atoms with Gasteiger partial charge in [-0.2, -0.15) is 0 Å². The second-order valence-electron chi connectivity index (χ2n) is 5.95. The molecule has 3 amide bonds. The van der Waals surface area contributed by atoms with E-state index < -0.39 is 17.9 Å². The van der Waals surface area contributed by atoms with Crippen LogP contribution in [-0.2, 0) is 9.59 Å². The first-order valence-corrected chi connectivity index (χ1v) is 7.80. The molecule has 1 aromatic carbocycles. The Kier molecular flexibility index (Phi) is 5.75. The lowest BCUT2D eigenvalue weighted by Crippen LogP contribution is -2.39. The molecule has 0 atom stereocenters. The van der Waals surface area contributed by atoms with Crippen molar-refractivity contribution in [2.45, 2.75) is 37.6 Å². The van der Waals surface area contributed by atoms with Crippen molar-refractivity contribution < 1.29 is 19.5 Å². The zero-order valence-electron chi connectivity index (χ0n) is 13.5. The highest BCUT2D eigenvalue weighted by molar-refractivity contribution is 6.39. The second-order valence-corrected chi connectivity index (χ2v) is 5.95. The Morgan fingerprint density at radius 3 is 2.17 bits per heavy atom. The summed E-state index contributed by atoms with van der Waals surface area (Å²) in [5.74, 6) is 3.55. The van der Waals surface area contributed by atoms with Gasteiger partial charge in [0.1, 0.15) is 0 Å². The largest absolute Gasteiger partial charge is 0.465 e. The van der Waals surface area contributed by atoms with Gasteiger partial charge in [-0.25, -0.2) is 10.6 Å². The summed E-state index contributed by atoms with van der Waals surface area (Å²) >= 11 is 0. The number of carboxylic acid groups (broad SMARTS) is 1. The molecule has 1 aromatic rings. The number of hydrogen-bond acceptors (Lipinski definition) is 4. The molecule has 1 aliphatic rings. The van der Waals surface area contributed by atoms with Crippen molar-refractivity contribution >= 4 is 23.6 Å². The summed E-state index contributed by atoms with van der Waals surface area (Å²) in [7, 11) is 1.61. The smallest absolute Gasteiger partial charge is 0.407 e. The van der Waals surface area contributed by atoms with Crippen LogP contribution < -0.4 is 16.6 Å². The van der Waals surface area contributed by atoms with E-state index in [1.165, 1.54) is 4.90 Å². The van der Waals surface area contributed by atoms with Crippen LogP contribution in [0.5, 0.6) is 0 Å². The standard InChI is InChI=1S/C16H22N4O4/c1-20(16(23)24)13-8-4-11(5-9-13)10-2-6-12(7-3-10)18-14(21)15(22)19-17/h2-3,6-7,11,13H,4-5,8-9,17H2,1H3,(H,18,21)(H,19,22)(H,23,24)/t11-,13-. The van der Waals surface area contributed by atoms with E-state index in [0.717, 1.165) is 31.2 Å². The molecule has 0 bridgehead atoms. The number of anilines is 1. The summed E-state index contributed by atoms with van der Waals surface area (Å²) in [4.78, 5) is 34.9. The summed E-state index contributed by atoms with van der Waals surface area (Å²) in [5.41, 5.74) is 3.44. The number of carbonyl (C=O) groups excluding carboxylic acids is 2. The van der Waals surface area contributed by atoms with Crippen LogP contribution in [0.15, 0.2) is 24.3 Å². The van der Waals surface area contributed by atoms with Gasteiger partial charge in [0.15, 0.2) is 0 Å². The lowest BCUT2D eigenvalue weighted by molar-refractivity contribution is -0.136. The molecule has 1 aliphatic carbocycles. The van der Waals surface area contributed by atoms with Crippen LogP contribution in [0.4, 0.5) is 10.5 Å². The van der Waals surface area contributed by atoms with Crippen molar-refractivity contribution in [2.75, 3.05) is 12.4 Å². The Bertz CT molecular complexity index is 609. The molecule has 0 unspecified atom stereocenters. The van der Waals surface area contributed by atoms with Crippen LogP contribution in [0, 0.1) is 0 Å². The van der Waals surface area contributed by atoms with Gasteiger partial charge in [-0.05, 0) is 49.3 Å². The van der Waals surface area contributed by atoms with E-state index in [4.69, 9.17) is 10.9 Å². The third kappa shape index (κ3) is 4.23. The SMILES string of the molecule is CN(C(=O)O)[C@H]1CC[C@H](c2ccc(NC(=O)C(=O)NN)cc2)CC1. The third-order valence-corrected chi connectivity index (χ3v) is 4.52. The highest BCUT2D eigenvalue weighted by Crippen LogP contribution is 2.34. The molecule has 0 heterocycles. The number of hydrogen-bond donors (Lipinski definition) is 4. The number of benzene rings is 1. The Hall–Kier alpha value is -2.61. The molecule has 5 N–H and O–H groups in total. The summed E-state index contributed by atoms with van der Waals surface area (Å²) < 4.78 is 0. The molecule has 8 heteroatoms. The van der Waals surface area contributed by atoms with E-state index in [1.54, 1.807) is 24.6 Å². The zero-order chi connectivity index (χ0) is 17.7. The molecule has 0 saturated heterocycles. The minimum absolute atomic E-state index is 0.0760. The number of carbonyl (C=O) groups is 3. The van der Waals surface area contributed by atoms with Crippen LogP contribution in [-0.4, -0.2) is 41.0 Å². The molecular weight excluding hydrogens is 312 g/mol. The predicted molar refractivity (Wildman–Crippen MR) is 88.2 cm³/mol. The summed E-state index contributed by atoms with van der Waals surface area (Å²) in [6.45, 7) is 0. The van der Waals surface area contributed by atoms with E-state index in [9.17, 15) is 14.4 Å². The minimum atomic E-state index is -0.903. The first-order valence-electron chi connectivity index (χ1n) is 7.80. The fraction of sp³-hybridized carbons (Fsp3) is 0.438. The zero-order valence-corrected chi connectivity index (χ0v) is 13.5. The van der Waals surface area contributed by atoms with E-state index >= 15 is 0 Å². The predicted octanol–water partition coefficient (Wildman–Crippen LogP) is 1.25. The van der Waals surface area contributed by atoms with Gasteiger partial charge < -0.3 is 15.3 Å². The van der Waals surface area contributed by atoms with Crippen molar-refractivity contribution in [3.8, 4) is 0 Å². The van der Waals surface area contributed by atoms with Gasteiger partial charge in [0.25, 0.3) is 0 Å². The lowest BCUT2D eigenvalue weighted by Gasteiger charge is -2.33. The number of amides is 3. The van der Waals surface area contributed by atoms with E-state index in [-0.39, 0.29) is 6.04 Å². The molecule has 0 aliphatic heterocycles. The van der Waals surface area contributed by atoms with E-state index in [2.05, 4.69) is 5.32 Å². The average Bonchev–Trinajstić information content (AvgIpc) is 2.61. The summed E-state index contributed by atoms with van der Waals surface area (Å²) in [6, 6.07) is 7.40. The molecule has 8 nitrogen and oxygen atoms in total. The maximum Gasteiger partial charge on any atom is 0.407 e. The molecule has 0 aromatic heterocycles. The van der Waals surface area contributed by atoms with E-state index in [0.29, 0.717) is 11.6 Å². The fourth-order valence-electron chi connectivity index (χ4n) is 3.04. The fourth-order valence-corrected chi connectivity index (χ4v) is 3.04. The maximum absolute atomic E-state index is 11.4. The Labute approximate surface area is 140 Å². The van der Waals surface area contributed by atoms with Gasteiger partial charge in [-0.3, -0.25) is 15.0 Å². The van der Waals surface area contributed by atoms with Gasteiger partial charge in [0.2, 0.25) is 0 Å². The highest BCUT2D eigenvalue weighted by atomic mass is 16.4. The molecule has 2 rings (SSSR count). The Balaban J connectivity index is 1.91. The minimum Gasteiger partial charge on any atom is -0.465 e. The molecular formula is C16H22N4O4. The van der Waals surface area contributed by atoms with Crippen LogP contribution in [0.25, 0.3) is 0 Å². The number of hydrazine groups is 1. The van der Waals surface area contributed by atoms with Crippen LogP contribution >= 0.6 is 0 Å². The molecule has 0 spiro atoms. The Morgan fingerprint density at radius 2 is 1.67 bits per heavy atom. The van der Waals surface area contributed by atoms with Gasteiger partial charge in [-0.15, -0.1) is 0 Å². The first-order chi connectivity index (χ1) is 11.4. The van der Waals surface area contributed by atoms with Crippen molar-refractivity contribution in [1.82, 2.24) is 10.3 Å². The number of nitrogens with one attached hydrogen (secondary N) is 2. The monoisotopic (exact) mass is 334 g/mol. The van der Waals surface area contributed by atoms with Crippen molar-refractivity contribution in [3.05, 3.63) is 29.8 Å². The number of nitrogens with two attached hydrogens (primary N) is 1. The molecule has 24 heavy (non-hydrogen) atoms.